The standard InChI is InChI=1S/C16H19NO6S/c18-14(12-4-2-1-3-5-12)6-7-16(20)23-10-15(19)17-13-8-9-24(21,22)11-13/h1-5,13H,6-11H2,(H,17,19)/t13-/m1/s1. The Hall–Kier alpha value is -2.22. The number of hydrogen-bond acceptors (Lipinski definition) is 6. The van der Waals surface area contributed by atoms with E-state index in [0.717, 1.165) is 0 Å². The minimum absolute atomic E-state index is 0.00529. The molecule has 0 radical (unpaired) electrons. The molecule has 0 aromatic heterocycles. The van der Waals surface area contributed by atoms with Crippen molar-refractivity contribution in [3.05, 3.63) is 35.9 Å². The Morgan fingerprint density at radius 2 is 1.83 bits per heavy atom. The third-order valence-corrected chi connectivity index (χ3v) is 5.38. The van der Waals surface area contributed by atoms with Gasteiger partial charge in [0.05, 0.1) is 17.9 Å². The molecule has 1 atom stereocenters. The summed E-state index contributed by atoms with van der Waals surface area (Å²) in [7, 11) is -3.08. The van der Waals surface area contributed by atoms with Crippen molar-refractivity contribution in [1.82, 2.24) is 5.32 Å². The van der Waals surface area contributed by atoms with Crippen molar-refractivity contribution >= 4 is 27.5 Å². The smallest absolute Gasteiger partial charge is 0.306 e. The molecule has 1 aromatic rings. The average Bonchev–Trinajstić information content (AvgIpc) is 2.90. The highest BCUT2D eigenvalue weighted by Crippen LogP contribution is 2.11. The summed E-state index contributed by atoms with van der Waals surface area (Å²) < 4.78 is 27.4. The molecule has 7 nitrogen and oxygen atoms in total. The van der Waals surface area contributed by atoms with E-state index in [4.69, 9.17) is 4.74 Å². The number of sulfone groups is 1. The Labute approximate surface area is 140 Å². The second-order valence-corrected chi connectivity index (χ2v) is 7.85. The van der Waals surface area contributed by atoms with Crippen LogP contribution in [0, 0.1) is 0 Å². The van der Waals surface area contributed by atoms with Gasteiger partial charge in [0, 0.05) is 18.0 Å². The van der Waals surface area contributed by atoms with E-state index >= 15 is 0 Å². The zero-order chi connectivity index (χ0) is 17.6. The lowest BCUT2D eigenvalue weighted by molar-refractivity contribution is -0.148. The summed E-state index contributed by atoms with van der Waals surface area (Å²) in [6.07, 6.45) is 0.262. The molecule has 8 heteroatoms. The highest BCUT2D eigenvalue weighted by molar-refractivity contribution is 7.91. The van der Waals surface area contributed by atoms with E-state index in [1.165, 1.54) is 0 Å². The molecule has 1 aliphatic rings. The third kappa shape index (κ3) is 5.77. The molecule has 0 aliphatic carbocycles. The van der Waals surface area contributed by atoms with Crippen molar-refractivity contribution in [3.8, 4) is 0 Å². The number of carbonyl (C=O) groups excluding carboxylic acids is 3. The normalized spacial score (nSPS) is 18.8. The molecular weight excluding hydrogens is 334 g/mol. The van der Waals surface area contributed by atoms with Crippen LogP contribution in [0.3, 0.4) is 0 Å². The van der Waals surface area contributed by atoms with E-state index < -0.39 is 34.4 Å². The first kappa shape index (κ1) is 18.1. The Kier molecular flexibility index (Phi) is 6.08. The van der Waals surface area contributed by atoms with Gasteiger partial charge in [-0.3, -0.25) is 14.4 Å². The van der Waals surface area contributed by atoms with E-state index in [1.54, 1.807) is 30.3 Å². The van der Waals surface area contributed by atoms with Crippen molar-refractivity contribution in [2.45, 2.75) is 25.3 Å². The zero-order valence-electron chi connectivity index (χ0n) is 13.1. The summed E-state index contributed by atoms with van der Waals surface area (Å²) in [5.41, 5.74) is 0.519. The number of rotatable bonds is 7. The fourth-order valence-corrected chi connectivity index (χ4v) is 4.05. The van der Waals surface area contributed by atoms with Gasteiger partial charge >= 0.3 is 5.97 Å². The van der Waals surface area contributed by atoms with Crippen molar-refractivity contribution in [2.75, 3.05) is 18.1 Å². The maximum atomic E-state index is 11.8. The van der Waals surface area contributed by atoms with Crippen molar-refractivity contribution in [3.63, 3.8) is 0 Å². The fourth-order valence-electron chi connectivity index (χ4n) is 2.38. The van der Waals surface area contributed by atoms with E-state index in [-0.39, 0.29) is 30.1 Å². The van der Waals surface area contributed by atoms with Gasteiger partial charge in [0.15, 0.2) is 22.2 Å². The number of ketones is 1. The van der Waals surface area contributed by atoms with Crippen LogP contribution in [-0.4, -0.2) is 50.2 Å². The van der Waals surface area contributed by atoms with Crippen LogP contribution in [0.15, 0.2) is 30.3 Å². The molecule has 130 valence electrons. The molecule has 0 bridgehead atoms. The number of amides is 1. The molecule has 0 spiro atoms. The van der Waals surface area contributed by atoms with Crippen LogP contribution in [0.25, 0.3) is 0 Å². The molecule has 0 unspecified atom stereocenters. The summed E-state index contributed by atoms with van der Waals surface area (Å²) in [5.74, 6) is -1.39. The first-order chi connectivity index (χ1) is 11.4. The zero-order valence-corrected chi connectivity index (χ0v) is 13.9. The molecule has 2 rings (SSSR count). The summed E-state index contributed by atoms with van der Waals surface area (Å²) in [5, 5.41) is 2.52. The number of carbonyl (C=O) groups is 3. The second kappa shape index (κ2) is 8.05. The summed E-state index contributed by atoms with van der Waals surface area (Å²) in [6, 6.07) is 8.16. The topological polar surface area (TPSA) is 107 Å². The summed E-state index contributed by atoms with van der Waals surface area (Å²) in [6.45, 7) is -0.477. The maximum Gasteiger partial charge on any atom is 0.306 e. The molecule has 1 heterocycles. The molecule has 1 saturated heterocycles. The number of ether oxygens (including phenoxy) is 1. The van der Waals surface area contributed by atoms with Gasteiger partial charge < -0.3 is 10.1 Å². The number of esters is 1. The lowest BCUT2D eigenvalue weighted by atomic mass is 10.1. The van der Waals surface area contributed by atoms with Crippen LogP contribution >= 0.6 is 0 Å². The van der Waals surface area contributed by atoms with Gasteiger partial charge in [0.1, 0.15) is 0 Å². The molecule has 1 aromatic carbocycles. The minimum atomic E-state index is -3.08. The van der Waals surface area contributed by atoms with Crippen LogP contribution in [0.4, 0.5) is 0 Å². The third-order valence-electron chi connectivity index (χ3n) is 3.61. The van der Waals surface area contributed by atoms with Crippen molar-refractivity contribution in [2.24, 2.45) is 0 Å². The molecule has 0 saturated carbocycles. The van der Waals surface area contributed by atoms with E-state index in [0.29, 0.717) is 12.0 Å². The van der Waals surface area contributed by atoms with Gasteiger partial charge in [-0.15, -0.1) is 0 Å². The monoisotopic (exact) mass is 353 g/mol. The van der Waals surface area contributed by atoms with Crippen LogP contribution in [0.1, 0.15) is 29.6 Å². The van der Waals surface area contributed by atoms with Crippen LogP contribution in [0.2, 0.25) is 0 Å². The van der Waals surface area contributed by atoms with Gasteiger partial charge in [-0.1, -0.05) is 30.3 Å². The van der Waals surface area contributed by atoms with Gasteiger partial charge in [-0.05, 0) is 6.42 Å². The average molecular weight is 353 g/mol. The number of Topliss-reactive ketones (excluding diaryl/α,β-unsaturated/α-hetero) is 1. The lowest BCUT2D eigenvalue weighted by Crippen LogP contribution is -2.38. The maximum absolute atomic E-state index is 11.8. The fraction of sp³-hybridized carbons (Fsp3) is 0.438. The molecular formula is C16H19NO6S. The predicted molar refractivity (Wildman–Crippen MR) is 86.2 cm³/mol. The van der Waals surface area contributed by atoms with Crippen LogP contribution in [0.5, 0.6) is 0 Å². The predicted octanol–water partition coefficient (Wildman–Crippen LogP) is 0.496. The Morgan fingerprint density at radius 1 is 1.12 bits per heavy atom. The van der Waals surface area contributed by atoms with Crippen LogP contribution in [-0.2, 0) is 24.2 Å². The number of hydrogen-bond donors (Lipinski definition) is 1. The highest BCUT2D eigenvalue weighted by Gasteiger charge is 2.29. The minimum Gasteiger partial charge on any atom is -0.456 e. The Bertz CT molecular complexity index is 713. The van der Waals surface area contributed by atoms with Gasteiger partial charge in [0.25, 0.3) is 5.91 Å². The van der Waals surface area contributed by atoms with Crippen LogP contribution < -0.4 is 5.32 Å². The first-order valence-electron chi connectivity index (χ1n) is 7.59. The largest absolute Gasteiger partial charge is 0.456 e. The second-order valence-electron chi connectivity index (χ2n) is 5.62. The van der Waals surface area contributed by atoms with Crippen molar-refractivity contribution < 1.29 is 27.5 Å². The molecule has 1 N–H and O–H groups in total. The lowest BCUT2D eigenvalue weighted by Gasteiger charge is -2.10. The quantitative estimate of drug-likeness (QED) is 0.565. The molecule has 1 aliphatic heterocycles. The molecule has 24 heavy (non-hydrogen) atoms. The number of nitrogens with one attached hydrogen (secondary N) is 1. The van der Waals surface area contributed by atoms with Crippen molar-refractivity contribution in [1.29, 1.82) is 0 Å². The molecule has 1 fully saturated rings. The Morgan fingerprint density at radius 3 is 2.46 bits per heavy atom. The summed E-state index contributed by atoms with van der Waals surface area (Å²) in [4.78, 5) is 35.0. The van der Waals surface area contributed by atoms with Gasteiger partial charge in [0.2, 0.25) is 0 Å². The number of benzene rings is 1. The van der Waals surface area contributed by atoms with E-state index in [9.17, 15) is 22.8 Å². The Balaban J connectivity index is 1.66. The van der Waals surface area contributed by atoms with Gasteiger partial charge in [-0.25, -0.2) is 8.42 Å². The van der Waals surface area contributed by atoms with Gasteiger partial charge in [-0.2, -0.15) is 0 Å². The highest BCUT2D eigenvalue weighted by atomic mass is 32.2. The van der Waals surface area contributed by atoms with E-state index in [1.807, 2.05) is 0 Å². The summed E-state index contributed by atoms with van der Waals surface area (Å²) >= 11 is 0. The first-order valence-corrected chi connectivity index (χ1v) is 9.41. The molecule has 1 amide bonds. The SMILES string of the molecule is O=C(COC(=O)CCC(=O)c1ccccc1)N[C@@H]1CCS(=O)(=O)C1. The van der Waals surface area contributed by atoms with E-state index in [2.05, 4.69) is 5.32 Å².